The lowest BCUT2D eigenvalue weighted by Gasteiger charge is -2.15. The lowest BCUT2D eigenvalue weighted by atomic mass is 10.0. The Hall–Kier alpha value is -0.220. The highest BCUT2D eigenvalue weighted by molar-refractivity contribution is 7.99. The molecule has 4 heteroatoms. The summed E-state index contributed by atoms with van der Waals surface area (Å²) in [5, 5.41) is 6.38. The van der Waals surface area contributed by atoms with Crippen LogP contribution < -0.4 is 10.6 Å². The Bertz CT molecular complexity index is 205. The van der Waals surface area contributed by atoms with Crippen LogP contribution in [0.2, 0.25) is 0 Å². The number of carbonyl (C=O) groups is 1. The number of carbonyl (C=O) groups excluding carboxylic acids is 1. The summed E-state index contributed by atoms with van der Waals surface area (Å²) >= 11 is 1.94. The molecular formula is C12H24N2OS. The minimum absolute atomic E-state index is 0.225. The number of rotatable bonds is 7. The van der Waals surface area contributed by atoms with Crippen LogP contribution in [0.1, 0.15) is 33.1 Å². The van der Waals surface area contributed by atoms with Gasteiger partial charge in [-0.2, -0.15) is 11.8 Å². The standard InChI is InChI=1S/C12H24N2OS/c1-3-16-7-5-10(2)14-12(15)8-11-4-6-13-9-11/h10-11,13H,3-9H2,1-2H3,(H,14,15). The van der Waals surface area contributed by atoms with Gasteiger partial charge in [0, 0.05) is 12.5 Å². The number of amides is 1. The van der Waals surface area contributed by atoms with Gasteiger partial charge in [0.1, 0.15) is 0 Å². The lowest BCUT2D eigenvalue weighted by molar-refractivity contribution is -0.122. The molecule has 1 amide bonds. The van der Waals surface area contributed by atoms with Crippen molar-refractivity contribution in [2.24, 2.45) is 5.92 Å². The predicted molar refractivity (Wildman–Crippen MR) is 70.8 cm³/mol. The molecule has 3 nitrogen and oxygen atoms in total. The van der Waals surface area contributed by atoms with Crippen molar-refractivity contribution in [2.75, 3.05) is 24.6 Å². The maximum atomic E-state index is 11.7. The van der Waals surface area contributed by atoms with E-state index in [-0.39, 0.29) is 5.91 Å². The van der Waals surface area contributed by atoms with E-state index >= 15 is 0 Å². The molecule has 1 fully saturated rings. The second-order valence-corrected chi connectivity index (χ2v) is 5.91. The van der Waals surface area contributed by atoms with Crippen molar-refractivity contribution in [1.29, 1.82) is 0 Å². The van der Waals surface area contributed by atoms with E-state index in [0.29, 0.717) is 18.4 Å². The molecule has 0 aromatic heterocycles. The highest BCUT2D eigenvalue weighted by atomic mass is 32.2. The first-order valence-corrected chi connectivity index (χ1v) is 7.45. The maximum Gasteiger partial charge on any atom is 0.220 e. The van der Waals surface area contributed by atoms with Crippen LogP contribution in [0.4, 0.5) is 0 Å². The molecule has 0 aromatic rings. The van der Waals surface area contributed by atoms with Crippen molar-refractivity contribution in [2.45, 2.75) is 39.2 Å². The lowest BCUT2D eigenvalue weighted by Crippen LogP contribution is -2.34. The summed E-state index contributed by atoms with van der Waals surface area (Å²) in [6.45, 7) is 6.34. The number of hydrogen-bond donors (Lipinski definition) is 2. The first-order chi connectivity index (χ1) is 7.72. The van der Waals surface area contributed by atoms with Gasteiger partial charge in [-0.05, 0) is 50.3 Å². The van der Waals surface area contributed by atoms with E-state index in [1.54, 1.807) is 0 Å². The van der Waals surface area contributed by atoms with Crippen LogP contribution in [0, 0.1) is 5.92 Å². The molecule has 0 saturated carbocycles. The molecule has 0 radical (unpaired) electrons. The van der Waals surface area contributed by atoms with E-state index in [1.807, 2.05) is 11.8 Å². The Morgan fingerprint density at radius 1 is 1.62 bits per heavy atom. The smallest absolute Gasteiger partial charge is 0.220 e. The van der Waals surface area contributed by atoms with Gasteiger partial charge in [0.25, 0.3) is 0 Å². The maximum absolute atomic E-state index is 11.7. The normalized spacial score (nSPS) is 22.0. The molecule has 1 saturated heterocycles. The number of thioether (sulfide) groups is 1. The second-order valence-electron chi connectivity index (χ2n) is 4.52. The van der Waals surface area contributed by atoms with Gasteiger partial charge >= 0.3 is 0 Å². The highest BCUT2D eigenvalue weighted by Crippen LogP contribution is 2.12. The van der Waals surface area contributed by atoms with Gasteiger partial charge in [0.05, 0.1) is 0 Å². The Balaban J connectivity index is 2.07. The van der Waals surface area contributed by atoms with Crippen molar-refractivity contribution in [3.63, 3.8) is 0 Å². The van der Waals surface area contributed by atoms with Crippen LogP contribution in [0.3, 0.4) is 0 Å². The van der Waals surface area contributed by atoms with Crippen LogP contribution in [-0.4, -0.2) is 36.5 Å². The molecule has 1 aliphatic rings. The molecule has 1 rings (SSSR count). The average molecular weight is 244 g/mol. The van der Waals surface area contributed by atoms with E-state index in [2.05, 4.69) is 24.5 Å². The van der Waals surface area contributed by atoms with E-state index < -0.39 is 0 Å². The van der Waals surface area contributed by atoms with Crippen molar-refractivity contribution in [1.82, 2.24) is 10.6 Å². The van der Waals surface area contributed by atoms with Gasteiger partial charge in [0.2, 0.25) is 5.91 Å². The topological polar surface area (TPSA) is 41.1 Å². The van der Waals surface area contributed by atoms with Crippen LogP contribution in [0.25, 0.3) is 0 Å². The molecule has 0 bridgehead atoms. The molecule has 16 heavy (non-hydrogen) atoms. The van der Waals surface area contributed by atoms with Crippen molar-refractivity contribution < 1.29 is 4.79 Å². The summed E-state index contributed by atoms with van der Waals surface area (Å²) in [5.41, 5.74) is 0. The van der Waals surface area contributed by atoms with Gasteiger partial charge in [-0.1, -0.05) is 6.92 Å². The van der Waals surface area contributed by atoms with Crippen LogP contribution in [0.15, 0.2) is 0 Å². The molecular weight excluding hydrogens is 220 g/mol. The van der Waals surface area contributed by atoms with E-state index in [4.69, 9.17) is 0 Å². The third kappa shape index (κ3) is 5.75. The Labute approximate surface area is 103 Å². The van der Waals surface area contributed by atoms with Crippen LogP contribution in [-0.2, 0) is 4.79 Å². The Morgan fingerprint density at radius 3 is 3.06 bits per heavy atom. The van der Waals surface area contributed by atoms with Crippen molar-refractivity contribution in [3.05, 3.63) is 0 Å². The van der Waals surface area contributed by atoms with Crippen molar-refractivity contribution in [3.8, 4) is 0 Å². The SMILES string of the molecule is CCSCCC(C)NC(=O)CC1CCNC1. The third-order valence-electron chi connectivity index (χ3n) is 2.94. The third-order valence-corrected chi connectivity index (χ3v) is 3.88. The second kappa shape index (κ2) is 7.96. The fraction of sp³-hybridized carbons (Fsp3) is 0.917. The molecule has 0 spiro atoms. The summed E-state index contributed by atoms with van der Waals surface area (Å²) in [4.78, 5) is 11.7. The summed E-state index contributed by atoms with van der Waals surface area (Å²) in [6.07, 6.45) is 2.92. The monoisotopic (exact) mass is 244 g/mol. The van der Waals surface area contributed by atoms with Gasteiger partial charge in [-0.15, -0.1) is 0 Å². The molecule has 0 aromatic carbocycles. The molecule has 2 unspecified atom stereocenters. The zero-order chi connectivity index (χ0) is 11.8. The zero-order valence-electron chi connectivity index (χ0n) is 10.4. The Kier molecular flexibility index (Phi) is 6.88. The zero-order valence-corrected chi connectivity index (χ0v) is 11.2. The van der Waals surface area contributed by atoms with Gasteiger partial charge in [-0.25, -0.2) is 0 Å². The predicted octanol–water partition coefficient (Wildman–Crippen LogP) is 1.63. The minimum Gasteiger partial charge on any atom is -0.354 e. The van der Waals surface area contributed by atoms with Gasteiger partial charge in [0.15, 0.2) is 0 Å². The molecule has 1 aliphatic heterocycles. The highest BCUT2D eigenvalue weighted by Gasteiger charge is 2.18. The van der Waals surface area contributed by atoms with Gasteiger partial charge < -0.3 is 10.6 Å². The molecule has 1 heterocycles. The first-order valence-electron chi connectivity index (χ1n) is 6.30. The summed E-state index contributed by atoms with van der Waals surface area (Å²) < 4.78 is 0. The van der Waals surface area contributed by atoms with Gasteiger partial charge in [-0.3, -0.25) is 4.79 Å². The molecule has 2 atom stereocenters. The summed E-state index contributed by atoms with van der Waals surface area (Å²) in [5.74, 6) is 3.08. The summed E-state index contributed by atoms with van der Waals surface area (Å²) in [6, 6.07) is 0.320. The molecule has 2 N–H and O–H groups in total. The first kappa shape index (κ1) is 13.8. The fourth-order valence-corrected chi connectivity index (χ4v) is 2.77. The summed E-state index contributed by atoms with van der Waals surface area (Å²) in [7, 11) is 0. The average Bonchev–Trinajstić information content (AvgIpc) is 2.70. The van der Waals surface area contributed by atoms with E-state index in [0.717, 1.165) is 37.4 Å². The van der Waals surface area contributed by atoms with Crippen molar-refractivity contribution >= 4 is 17.7 Å². The van der Waals surface area contributed by atoms with E-state index in [1.165, 1.54) is 0 Å². The van der Waals surface area contributed by atoms with Crippen LogP contribution >= 0.6 is 11.8 Å². The number of hydrogen-bond acceptors (Lipinski definition) is 3. The molecule has 0 aliphatic carbocycles. The van der Waals surface area contributed by atoms with E-state index in [9.17, 15) is 4.79 Å². The largest absolute Gasteiger partial charge is 0.354 e. The van der Waals surface area contributed by atoms with Crippen LogP contribution in [0.5, 0.6) is 0 Å². The quantitative estimate of drug-likeness (QED) is 0.669. The fourth-order valence-electron chi connectivity index (χ4n) is 1.96. The minimum atomic E-state index is 0.225. The number of nitrogens with one attached hydrogen (secondary N) is 2. The Morgan fingerprint density at radius 2 is 2.44 bits per heavy atom. The molecule has 94 valence electrons.